The van der Waals surface area contributed by atoms with Crippen molar-refractivity contribution in [1.82, 2.24) is 0 Å². The second kappa shape index (κ2) is 10.7. The summed E-state index contributed by atoms with van der Waals surface area (Å²) in [4.78, 5) is 14.4. The number of ether oxygens (including phenoxy) is 1. The summed E-state index contributed by atoms with van der Waals surface area (Å²) < 4.78 is 5.80. The number of carbonyl (C=O) groups excluding carboxylic acids is 1. The van der Waals surface area contributed by atoms with Gasteiger partial charge in [0.1, 0.15) is 5.75 Å². The molecule has 0 unspecified atom stereocenters. The number of nitrogens with zero attached hydrogens (tertiary/aromatic N) is 1. The number of rotatable bonds is 10. The van der Waals surface area contributed by atoms with Crippen molar-refractivity contribution in [2.75, 3.05) is 29.9 Å². The molecule has 2 aromatic carbocycles. The Hall–Kier alpha value is -2.49. The van der Waals surface area contributed by atoms with Crippen LogP contribution in [0.25, 0.3) is 0 Å². The van der Waals surface area contributed by atoms with Crippen LogP contribution in [0.1, 0.15) is 57.6 Å². The summed E-state index contributed by atoms with van der Waals surface area (Å²) in [7, 11) is 0. The molecule has 0 bridgehead atoms. The Morgan fingerprint density at radius 3 is 2.32 bits per heavy atom. The topological polar surface area (TPSA) is 41.6 Å². The fourth-order valence-corrected chi connectivity index (χ4v) is 3.38. The minimum absolute atomic E-state index is 0.0190. The summed E-state index contributed by atoms with van der Waals surface area (Å²) in [5, 5.41) is 2.96. The largest absolute Gasteiger partial charge is 0.494 e. The van der Waals surface area contributed by atoms with Crippen molar-refractivity contribution in [1.29, 1.82) is 0 Å². The zero-order valence-corrected chi connectivity index (χ0v) is 17.9. The van der Waals surface area contributed by atoms with E-state index in [2.05, 4.69) is 69.1 Å². The number of anilines is 2. The highest BCUT2D eigenvalue weighted by molar-refractivity contribution is 5.90. The zero-order chi connectivity index (χ0) is 20.5. The van der Waals surface area contributed by atoms with E-state index in [-0.39, 0.29) is 5.91 Å². The Balaban J connectivity index is 1.75. The first kappa shape index (κ1) is 21.8. The van der Waals surface area contributed by atoms with Gasteiger partial charge in [-0.05, 0) is 80.6 Å². The third-order valence-electron chi connectivity index (χ3n) is 4.96. The molecular formula is C24H34N2O2. The lowest BCUT2D eigenvalue weighted by Crippen LogP contribution is -2.21. The minimum Gasteiger partial charge on any atom is -0.494 e. The van der Waals surface area contributed by atoms with Crippen LogP contribution in [0.4, 0.5) is 11.4 Å². The van der Waals surface area contributed by atoms with E-state index in [9.17, 15) is 4.79 Å². The normalized spacial score (nSPS) is 10.8. The van der Waals surface area contributed by atoms with Gasteiger partial charge in [0.2, 0.25) is 5.91 Å². The molecule has 4 heteroatoms. The van der Waals surface area contributed by atoms with Gasteiger partial charge < -0.3 is 15.0 Å². The van der Waals surface area contributed by atoms with Gasteiger partial charge in [-0.25, -0.2) is 0 Å². The maximum Gasteiger partial charge on any atom is 0.224 e. The first-order chi connectivity index (χ1) is 13.4. The molecule has 0 atom stereocenters. The van der Waals surface area contributed by atoms with Gasteiger partial charge in [-0.15, -0.1) is 0 Å². The molecule has 1 N–H and O–H groups in total. The van der Waals surface area contributed by atoms with Crippen molar-refractivity contribution in [3.8, 4) is 5.75 Å². The van der Waals surface area contributed by atoms with Gasteiger partial charge in [0.15, 0.2) is 0 Å². The van der Waals surface area contributed by atoms with Gasteiger partial charge in [-0.3, -0.25) is 4.79 Å². The second-order valence-corrected chi connectivity index (χ2v) is 7.39. The number of carbonyl (C=O) groups is 1. The van der Waals surface area contributed by atoms with Crippen LogP contribution < -0.4 is 15.0 Å². The average molecular weight is 383 g/mol. The third kappa shape index (κ3) is 6.29. The van der Waals surface area contributed by atoms with Crippen molar-refractivity contribution in [3.05, 3.63) is 53.6 Å². The molecule has 0 radical (unpaired) electrons. The monoisotopic (exact) mass is 382 g/mol. The highest BCUT2D eigenvalue weighted by Gasteiger charge is 2.07. The molecule has 0 saturated heterocycles. The molecule has 152 valence electrons. The first-order valence-electron chi connectivity index (χ1n) is 10.3. The number of amides is 1. The summed E-state index contributed by atoms with van der Waals surface area (Å²) in [6, 6.07) is 14.2. The van der Waals surface area contributed by atoms with Crippen molar-refractivity contribution in [2.45, 2.75) is 53.4 Å². The molecule has 1 amide bonds. The Labute approximate surface area is 169 Å². The van der Waals surface area contributed by atoms with Crippen molar-refractivity contribution >= 4 is 17.3 Å². The van der Waals surface area contributed by atoms with Crippen LogP contribution >= 0.6 is 0 Å². The molecule has 0 fully saturated rings. The van der Waals surface area contributed by atoms with Gasteiger partial charge in [0.05, 0.1) is 6.61 Å². The van der Waals surface area contributed by atoms with E-state index in [1.807, 2.05) is 18.2 Å². The molecule has 2 rings (SSSR count). The summed E-state index contributed by atoms with van der Waals surface area (Å²) in [6.07, 6.45) is 1.13. The van der Waals surface area contributed by atoms with Crippen LogP contribution in [0.15, 0.2) is 42.5 Å². The van der Waals surface area contributed by atoms with Crippen LogP contribution in [-0.2, 0) is 4.79 Å². The number of aryl methyl sites for hydroxylation is 1. The third-order valence-corrected chi connectivity index (χ3v) is 4.96. The zero-order valence-electron chi connectivity index (χ0n) is 17.9. The van der Waals surface area contributed by atoms with Crippen molar-refractivity contribution in [2.24, 2.45) is 0 Å². The fraction of sp³-hybridized carbons (Fsp3) is 0.458. The minimum atomic E-state index is 0.0190. The molecule has 2 aromatic rings. The van der Waals surface area contributed by atoms with Crippen LogP contribution in [0.5, 0.6) is 5.75 Å². The summed E-state index contributed by atoms with van der Waals surface area (Å²) in [6.45, 7) is 13.3. The van der Waals surface area contributed by atoms with Gasteiger partial charge in [-0.1, -0.05) is 19.9 Å². The Bertz CT molecular complexity index is 750. The summed E-state index contributed by atoms with van der Waals surface area (Å²) >= 11 is 0. The maximum absolute atomic E-state index is 12.2. The van der Waals surface area contributed by atoms with Crippen molar-refractivity contribution < 1.29 is 9.53 Å². The van der Waals surface area contributed by atoms with E-state index in [0.29, 0.717) is 25.4 Å². The van der Waals surface area contributed by atoms with Crippen LogP contribution in [0.2, 0.25) is 0 Å². The predicted octanol–water partition coefficient (Wildman–Crippen LogP) is 5.76. The smallest absolute Gasteiger partial charge is 0.224 e. The van der Waals surface area contributed by atoms with Crippen LogP contribution in [0, 0.1) is 6.92 Å². The van der Waals surface area contributed by atoms with E-state index in [0.717, 1.165) is 24.5 Å². The standard InChI is InChI=1S/C24H34N2O2/c1-6-26(7-2)21-12-10-20(11-13-21)25-24(27)9-8-16-28-22-14-15-23(18(3)4)19(5)17-22/h10-15,17-18H,6-9,16H2,1-5H3,(H,25,27). The first-order valence-corrected chi connectivity index (χ1v) is 10.3. The lowest BCUT2D eigenvalue weighted by Gasteiger charge is -2.21. The quantitative estimate of drug-likeness (QED) is 0.531. The van der Waals surface area contributed by atoms with Gasteiger partial charge >= 0.3 is 0 Å². The van der Waals surface area contributed by atoms with E-state index >= 15 is 0 Å². The highest BCUT2D eigenvalue weighted by atomic mass is 16.5. The Kier molecular flexibility index (Phi) is 8.37. The van der Waals surface area contributed by atoms with E-state index in [1.165, 1.54) is 16.8 Å². The lowest BCUT2D eigenvalue weighted by molar-refractivity contribution is -0.116. The second-order valence-electron chi connectivity index (χ2n) is 7.39. The molecule has 0 aliphatic rings. The molecule has 4 nitrogen and oxygen atoms in total. The van der Waals surface area contributed by atoms with Gasteiger partial charge in [0, 0.05) is 30.9 Å². The average Bonchev–Trinajstić information content (AvgIpc) is 2.67. The predicted molar refractivity (Wildman–Crippen MR) is 119 cm³/mol. The van der Waals surface area contributed by atoms with Crippen LogP contribution in [-0.4, -0.2) is 25.6 Å². The molecule has 0 aliphatic carbocycles. The van der Waals surface area contributed by atoms with Crippen LogP contribution in [0.3, 0.4) is 0 Å². The molecular weight excluding hydrogens is 348 g/mol. The van der Waals surface area contributed by atoms with Gasteiger partial charge in [0.25, 0.3) is 0 Å². The molecule has 0 heterocycles. The number of hydrogen-bond acceptors (Lipinski definition) is 3. The van der Waals surface area contributed by atoms with Gasteiger partial charge in [-0.2, -0.15) is 0 Å². The Morgan fingerprint density at radius 1 is 1.07 bits per heavy atom. The SMILES string of the molecule is CCN(CC)c1ccc(NC(=O)CCCOc2ccc(C(C)C)c(C)c2)cc1. The fourth-order valence-electron chi connectivity index (χ4n) is 3.38. The number of nitrogens with one attached hydrogen (secondary N) is 1. The molecule has 0 aliphatic heterocycles. The Morgan fingerprint density at radius 2 is 1.75 bits per heavy atom. The van der Waals surface area contributed by atoms with E-state index in [4.69, 9.17) is 4.74 Å². The number of benzene rings is 2. The van der Waals surface area contributed by atoms with Crippen molar-refractivity contribution in [3.63, 3.8) is 0 Å². The van der Waals surface area contributed by atoms with E-state index < -0.39 is 0 Å². The molecule has 28 heavy (non-hydrogen) atoms. The molecule has 0 saturated carbocycles. The molecule has 0 spiro atoms. The maximum atomic E-state index is 12.2. The summed E-state index contributed by atoms with van der Waals surface area (Å²) in [5.41, 5.74) is 4.61. The van der Waals surface area contributed by atoms with E-state index in [1.54, 1.807) is 0 Å². The summed E-state index contributed by atoms with van der Waals surface area (Å²) in [5.74, 6) is 1.40. The lowest BCUT2D eigenvalue weighted by atomic mass is 9.98. The number of hydrogen-bond donors (Lipinski definition) is 1. The highest BCUT2D eigenvalue weighted by Crippen LogP contribution is 2.23. The molecule has 0 aromatic heterocycles.